The van der Waals surface area contributed by atoms with Gasteiger partial charge in [-0.25, -0.2) is 0 Å². The fourth-order valence-electron chi connectivity index (χ4n) is 2.99. The van der Waals surface area contributed by atoms with Crippen LogP contribution in [0.25, 0.3) is 0 Å². The maximum absolute atomic E-state index is 6.62. The summed E-state index contributed by atoms with van der Waals surface area (Å²) in [5.41, 5.74) is 9.28. The van der Waals surface area contributed by atoms with E-state index >= 15 is 0 Å². The predicted octanol–water partition coefficient (Wildman–Crippen LogP) is 4.15. The van der Waals surface area contributed by atoms with Gasteiger partial charge in [-0.05, 0) is 35.8 Å². The van der Waals surface area contributed by atoms with Crippen molar-refractivity contribution in [3.8, 4) is 0 Å². The van der Waals surface area contributed by atoms with Crippen LogP contribution in [0.3, 0.4) is 0 Å². The molecule has 1 heteroatoms. The highest BCUT2D eigenvalue weighted by Crippen LogP contribution is 2.40. The van der Waals surface area contributed by atoms with E-state index in [9.17, 15) is 0 Å². The molecule has 1 aliphatic rings. The van der Waals surface area contributed by atoms with Gasteiger partial charge in [0.25, 0.3) is 0 Å². The monoisotopic (exact) mass is 235 g/mol. The molecule has 0 aromatic heterocycles. The third kappa shape index (κ3) is 2.82. The van der Waals surface area contributed by atoms with E-state index in [1.807, 2.05) is 0 Å². The lowest BCUT2D eigenvalue weighted by atomic mass is 9.66. The van der Waals surface area contributed by atoms with Gasteiger partial charge in [0, 0.05) is 11.5 Å². The molecule has 0 bridgehead atoms. The molecule has 1 nitrogen and oxygen atoms in total. The lowest BCUT2D eigenvalue weighted by Crippen LogP contribution is -2.50. The zero-order valence-electron chi connectivity index (χ0n) is 12.5. The summed E-state index contributed by atoms with van der Waals surface area (Å²) in [6, 6.07) is 0. The Morgan fingerprint density at radius 3 is 1.94 bits per heavy atom. The van der Waals surface area contributed by atoms with E-state index in [1.54, 1.807) is 0 Å². The Morgan fingerprint density at radius 2 is 1.59 bits per heavy atom. The summed E-state index contributed by atoms with van der Waals surface area (Å²) in [7, 11) is 0. The molecule has 0 fully saturated rings. The minimum atomic E-state index is -0.194. The zero-order valence-corrected chi connectivity index (χ0v) is 12.5. The molecule has 2 unspecified atom stereocenters. The second-order valence-electron chi connectivity index (χ2n) is 6.63. The number of nitrogens with two attached hydrogens (primary N) is 1. The van der Waals surface area contributed by atoms with Crippen molar-refractivity contribution in [1.82, 2.24) is 0 Å². The van der Waals surface area contributed by atoms with E-state index < -0.39 is 0 Å². The molecule has 0 aliphatic heterocycles. The molecule has 0 saturated heterocycles. The Balaban J connectivity index is 3.24. The molecule has 1 aliphatic carbocycles. The Bertz CT molecular complexity index is 329. The van der Waals surface area contributed by atoms with Crippen LogP contribution in [0.15, 0.2) is 23.3 Å². The van der Waals surface area contributed by atoms with E-state index in [-0.39, 0.29) is 5.54 Å². The van der Waals surface area contributed by atoms with Crippen LogP contribution in [-0.4, -0.2) is 5.54 Å². The molecule has 98 valence electrons. The van der Waals surface area contributed by atoms with Crippen LogP contribution < -0.4 is 5.73 Å². The second kappa shape index (κ2) is 4.97. The molecule has 0 saturated carbocycles. The predicted molar refractivity (Wildman–Crippen MR) is 76.8 cm³/mol. The summed E-state index contributed by atoms with van der Waals surface area (Å²) < 4.78 is 0. The number of hydrogen-bond acceptors (Lipinski definition) is 1. The van der Waals surface area contributed by atoms with E-state index in [0.717, 1.165) is 0 Å². The quantitative estimate of drug-likeness (QED) is 0.781. The molecule has 0 aromatic rings. The van der Waals surface area contributed by atoms with Gasteiger partial charge in [-0.1, -0.05) is 53.7 Å². The zero-order chi connectivity index (χ0) is 13.4. The van der Waals surface area contributed by atoms with Crippen LogP contribution in [0, 0.1) is 23.7 Å². The first kappa shape index (κ1) is 14.5. The minimum Gasteiger partial charge on any atom is -0.321 e. The highest BCUT2D eigenvalue weighted by atomic mass is 14.8. The van der Waals surface area contributed by atoms with Gasteiger partial charge in [-0.3, -0.25) is 0 Å². The molecule has 1 rings (SSSR count). The lowest BCUT2D eigenvalue weighted by molar-refractivity contribution is 0.295. The summed E-state index contributed by atoms with van der Waals surface area (Å²) >= 11 is 0. The van der Waals surface area contributed by atoms with Crippen molar-refractivity contribution < 1.29 is 0 Å². The van der Waals surface area contributed by atoms with Gasteiger partial charge in [-0.2, -0.15) is 0 Å². The van der Waals surface area contributed by atoms with Crippen molar-refractivity contribution in [2.45, 2.75) is 54.0 Å². The number of allylic oxidation sites excluding steroid dienone is 2. The maximum Gasteiger partial charge on any atom is 0.0412 e. The standard InChI is InChI=1S/C16H29N/c1-10(2)13-8-14(11(3)4)16(7,17)15(9-13)12(5)6/h8-12,14H,17H2,1-7H3. The Morgan fingerprint density at radius 1 is 1.06 bits per heavy atom. The summed E-state index contributed by atoms with van der Waals surface area (Å²) in [4.78, 5) is 0. The van der Waals surface area contributed by atoms with E-state index in [4.69, 9.17) is 5.73 Å². The third-order valence-electron chi connectivity index (χ3n) is 4.02. The van der Waals surface area contributed by atoms with Crippen molar-refractivity contribution in [3.63, 3.8) is 0 Å². The molecule has 0 spiro atoms. The molecule has 0 amide bonds. The molecule has 0 aromatic carbocycles. The molecule has 2 N–H and O–H groups in total. The van der Waals surface area contributed by atoms with Gasteiger partial charge in [0.05, 0.1) is 0 Å². The molecule has 0 radical (unpaired) electrons. The fraction of sp³-hybridized carbons (Fsp3) is 0.750. The first-order valence-electron chi connectivity index (χ1n) is 6.90. The number of rotatable bonds is 3. The van der Waals surface area contributed by atoms with Gasteiger partial charge in [0.15, 0.2) is 0 Å². The fourth-order valence-corrected chi connectivity index (χ4v) is 2.99. The van der Waals surface area contributed by atoms with Crippen LogP contribution in [0.1, 0.15) is 48.5 Å². The molecule has 17 heavy (non-hydrogen) atoms. The van der Waals surface area contributed by atoms with Crippen molar-refractivity contribution in [2.24, 2.45) is 29.4 Å². The third-order valence-corrected chi connectivity index (χ3v) is 4.02. The normalized spacial score (nSPS) is 29.9. The Labute approximate surface area is 107 Å². The topological polar surface area (TPSA) is 26.0 Å². The SMILES string of the molecule is CC(C)C1=CC(C(C)C)C(C)(N)C(C(C)C)=C1. The van der Waals surface area contributed by atoms with Crippen LogP contribution in [-0.2, 0) is 0 Å². The van der Waals surface area contributed by atoms with E-state index in [2.05, 4.69) is 60.6 Å². The largest absolute Gasteiger partial charge is 0.321 e. The van der Waals surface area contributed by atoms with Crippen molar-refractivity contribution >= 4 is 0 Å². The first-order chi connectivity index (χ1) is 7.67. The first-order valence-corrected chi connectivity index (χ1v) is 6.90. The van der Waals surface area contributed by atoms with Crippen molar-refractivity contribution in [1.29, 1.82) is 0 Å². The molecule has 0 heterocycles. The summed E-state index contributed by atoms with van der Waals surface area (Å²) in [6.45, 7) is 15.8. The molecular formula is C16H29N. The summed E-state index contributed by atoms with van der Waals surface area (Å²) in [5.74, 6) is 2.14. The smallest absolute Gasteiger partial charge is 0.0412 e. The maximum atomic E-state index is 6.62. The van der Waals surface area contributed by atoms with Gasteiger partial charge in [0.2, 0.25) is 0 Å². The summed E-state index contributed by atoms with van der Waals surface area (Å²) in [5, 5.41) is 0. The van der Waals surface area contributed by atoms with Crippen LogP contribution in [0.2, 0.25) is 0 Å². The highest BCUT2D eigenvalue weighted by molar-refractivity contribution is 5.39. The average Bonchev–Trinajstić information content (AvgIpc) is 2.14. The van der Waals surface area contributed by atoms with Crippen LogP contribution in [0.4, 0.5) is 0 Å². The van der Waals surface area contributed by atoms with Gasteiger partial charge < -0.3 is 5.73 Å². The molecule has 2 atom stereocenters. The van der Waals surface area contributed by atoms with Crippen LogP contribution >= 0.6 is 0 Å². The second-order valence-corrected chi connectivity index (χ2v) is 6.63. The van der Waals surface area contributed by atoms with E-state index in [1.165, 1.54) is 11.1 Å². The summed E-state index contributed by atoms with van der Waals surface area (Å²) in [6.07, 6.45) is 4.75. The number of hydrogen-bond donors (Lipinski definition) is 1. The lowest BCUT2D eigenvalue weighted by Gasteiger charge is -2.42. The van der Waals surface area contributed by atoms with E-state index in [0.29, 0.717) is 23.7 Å². The minimum absolute atomic E-state index is 0.194. The van der Waals surface area contributed by atoms with Crippen LogP contribution in [0.5, 0.6) is 0 Å². The highest BCUT2D eigenvalue weighted by Gasteiger charge is 2.38. The van der Waals surface area contributed by atoms with Gasteiger partial charge >= 0.3 is 0 Å². The van der Waals surface area contributed by atoms with Gasteiger partial charge in [0.1, 0.15) is 0 Å². The van der Waals surface area contributed by atoms with Crippen molar-refractivity contribution in [3.05, 3.63) is 23.3 Å². The van der Waals surface area contributed by atoms with Gasteiger partial charge in [-0.15, -0.1) is 0 Å². The average molecular weight is 235 g/mol. The Hall–Kier alpha value is -0.560. The van der Waals surface area contributed by atoms with Crippen molar-refractivity contribution in [2.75, 3.05) is 0 Å². The molecular weight excluding hydrogens is 206 g/mol. The Kier molecular flexibility index (Phi) is 4.24.